The van der Waals surface area contributed by atoms with E-state index in [1.165, 1.54) is 7.11 Å². The molecule has 0 amide bonds. The zero-order valence-electron chi connectivity index (χ0n) is 9.02. The highest BCUT2D eigenvalue weighted by molar-refractivity contribution is 5.93. The van der Waals surface area contributed by atoms with Crippen LogP contribution in [0.3, 0.4) is 0 Å². The molecule has 1 N–H and O–H groups in total. The van der Waals surface area contributed by atoms with Crippen molar-refractivity contribution in [1.29, 1.82) is 0 Å². The molecule has 82 valence electrons. The lowest BCUT2D eigenvalue weighted by Gasteiger charge is -2.07. The molecule has 0 saturated heterocycles. The zero-order valence-corrected chi connectivity index (χ0v) is 9.02. The Balaban J connectivity index is 2.80. The summed E-state index contributed by atoms with van der Waals surface area (Å²) in [6.45, 7) is 1.73. The minimum atomic E-state index is -1.02. The van der Waals surface area contributed by atoms with Gasteiger partial charge in [0, 0.05) is 5.39 Å². The molecule has 16 heavy (non-hydrogen) atoms. The van der Waals surface area contributed by atoms with Crippen LogP contribution in [0.1, 0.15) is 16.1 Å². The van der Waals surface area contributed by atoms with Gasteiger partial charge in [-0.3, -0.25) is 0 Å². The average Bonchev–Trinajstić information content (AvgIpc) is 2.26. The van der Waals surface area contributed by atoms with Gasteiger partial charge < -0.3 is 9.84 Å². The predicted octanol–water partition coefficient (Wildman–Crippen LogP) is 2.25. The van der Waals surface area contributed by atoms with E-state index in [9.17, 15) is 4.79 Å². The van der Waals surface area contributed by atoms with Gasteiger partial charge in [0.25, 0.3) is 0 Å². The highest BCUT2D eigenvalue weighted by Gasteiger charge is 2.12. The Bertz CT molecular complexity index is 563. The predicted molar refractivity (Wildman–Crippen MR) is 60.0 cm³/mol. The summed E-state index contributed by atoms with van der Waals surface area (Å²) in [6, 6.07) is 7.29. The molecule has 1 aromatic heterocycles. The normalized spacial score (nSPS) is 10.4. The van der Waals surface area contributed by atoms with E-state index in [-0.39, 0.29) is 5.69 Å². The number of methoxy groups -OCH3 is 1. The van der Waals surface area contributed by atoms with Crippen molar-refractivity contribution in [2.75, 3.05) is 7.11 Å². The summed E-state index contributed by atoms with van der Waals surface area (Å²) in [5.41, 5.74) is 1.29. The molecule has 0 unspecified atom stereocenters. The number of carbonyl (C=O) groups is 1. The third kappa shape index (κ3) is 1.58. The molecule has 0 saturated carbocycles. The Labute approximate surface area is 92.5 Å². The van der Waals surface area contributed by atoms with Crippen LogP contribution in [0.15, 0.2) is 24.3 Å². The number of ether oxygens (including phenoxy) is 1. The zero-order chi connectivity index (χ0) is 11.7. The number of aromatic nitrogens is 1. The molecule has 0 aliphatic carbocycles. The van der Waals surface area contributed by atoms with Gasteiger partial charge in [-0.05, 0) is 24.6 Å². The maximum absolute atomic E-state index is 11.0. The number of fused-ring (bicyclic) bond motifs is 1. The first-order chi connectivity index (χ1) is 7.63. The first-order valence-electron chi connectivity index (χ1n) is 4.81. The molecule has 1 aromatic carbocycles. The van der Waals surface area contributed by atoms with E-state index in [2.05, 4.69) is 4.98 Å². The van der Waals surface area contributed by atoms with Crippen molar-refractivity contribution in [1.82, 2.24) is 4.98 Å². The third-order valence-corrected chi connectivity index (χ3v) is 2.42. The smallest absolute Gasteiger partial charge is 0.354 e. The van der Waals surface area contributed by atoms with Gasteiger partial charge >= 0.3 is 5.97 Å². The second kappa shape index (κ2) is 3.81. The lowest BCUT2D eigenvalue weighted by molar-refractivity contribution is 0.0690. The number of benzene rings is 1. The molecule has 0 fully saturated rings. The molecule has 2 aromatic rings. The van der Waals surface area contributed by atoms with E-state index in [0.29, 0.717) is 16.8 Å². The van der Waals surface area contributed by atoms with Crippen molar-refractivity contribution in [3.8, 4) is 5.75 Å². The van der Waals surface area contributed by atoms with Crippen molar-refractivity contribution >= 4 is 16.9 Å². The Kier molecular flexibility index (Phi) is 2.48. The second-order valence-corrected chi connectivity index (χ2v) is 3.49. The minimum Gasteiger partial charge on any atom is -0.494 e. The van der Waals surface area contributed by atoms with Crippen LogP contribution in [0.2, 0.25) is 0 Å². The summed E-state index contributed by atoms with van der Waals surface area (Å²) in [5, 5.41) is 9.86. The third-order valence-electron chi connectivity index (χ3n) is 2.42. The monoisotopic (exact) mass is 217 g/mol. The van der Waals surface area contributed by atoms with Crippen LogP contribution in [-0.4, -0.2) is 23.2 Å². The van der Waals surface area contributed by atoms with Crippen molar-refractivity contribution in [3.05, 3.63) is 35.5 Å². The fraction of sp³-hybridized carbons (Fsp3) is 0.167. The highest BCUT2D eigenvalue weighted by atomic mass is 16.5. The van der Waals surface area contributed by atoms with Gasteiger partial charge in [-0.1, -0.05) is 12.1 Å². The van der Waals surface area contributed by atoms with Crippen LogP contribution in [-0.2, 0) is 0 Å². The molecule has 0 atom stereocenters. The molecular weight excluding hydrogens is 206 g/mol. The molecule has 0 radical (unpaired) electrons. The van der Waals surface area contributed by atoms with Crippen LogP contribution in [0.5, 0.6) is 5.75 Å². The maximum atomic E-state index is 11.0. The van der Waals surface area contributed by atoms with Gasteiger partial charge in [-0.2, -0.15) is 0 Å². The molecule has 0 aliphatic rings. The van der Waals surface area contributed by atoms with Crippen molar-refractivity contribution in [3.63, 3.8) is 0 Å². The number of aryl methyl sites for hydroxylation is 1. The summed E-state index contributed by atoms with van der Waals surface area (Å²) < 4.78 is 5.15. The topological polar surface area (TPSA) is 59.4 Å². The van der Waals surface area contributed by atoms with E-state index in [0.717, 1.165) is 5.39 Å². The summed E-state index contributed by atoms with van der Waals surface area (Å²) in [6.07, 6.45) is 0. The van der Waals surface area contributed by atoms with Gasteiger partial charge in [0.1, 0.15) is 11.3 Å². The first kappa shape index (κ1) is 10.4. The summed E-state index contributed by atoms with van der Waals surface area (Å²) in [5.74, 6) is -0.440. The van der Waals surface area contributed by atoms with Crippen molar-refractivity contribution in [2.24, 2.45) is 0 Å². The lowest BCUT2D eigenvalue weighted by Crippen LogP contribution is -2.04. The number of rotatable bonds is 2. The van der Waals surface area contributed by atoms with Crippen LogP contribution in [0, 0.1) is 6.92 Å². The summed E-state index contributed by atoms with van der Waals surface area (Å²) in [4.78, 5) is 15.1. The number of hydrogen-bond acceptors (Lipinski definition) is 3. The van der Waals surface area contributed by atoms with Crippen molar-refractivity contribution < 1.29 is 14.6 Å². The first-order valence-corrected chi connectivity index (χ1v) is 4.81. The SMILES string of the molecule is COc1cccc2cc(C)c(C(=O)O)nc12. The van der Waals surface area contributed by atoms with Crippen LogP contribution in [0.4, 0.5) is 0 Å². The van der Waals surface area contributed by atoms with Crippen LogP contribution in [0.25, 0.3) is 10.9 Å². The Morgan fingerprint density at radius 1 is 1.44 bits per heavy atom. The number of hydrogen-bond donors (Lipinski definition) is 1. The Hall–Kier alpha value is -2.10. The number of pyridine rings is 1. The van der Waals surface area contributed by atoms with Gasteiger partial charge in [0.05, 0.1) is 7.11 Å². The molecule has 4 nitrogen and oxygen atoms in total. The highest BCUT2D eigenvalue weighted by Crippen LogP contribution is 2.25. The standard InChI is InChI=1S/C12H11NO3/c1-7-6-8-4-3-5-9(16-2)11(8)13-10(7)12(14)15/h3-6H,1-2H3,(H,14,15). The lowest BCUT2D eigenvalue weighted by atomic mass is 10.1. The van der Waals surface area contributed by atoms with Crippen molar-refractivity contribution in [2.45, 2.75) is 6.92 Å². The molecular formula is C12H11NO3. The fourth-order valence-electron chi connectivity index (χ4n) is 1.66. The Morgan fingerprint density at radius 2 is 2.19 bits per heavy atom. The van der Waals surface area contributed by atoms with Gasteiger partial charge in [-0.25, -0.2) is 9.78 Å². The maximum Gasteiger partial charge on any atom is 0.354 e. The van der Waals surface area contributed by atoms with E-state index in [4.69, 9.17) is 9.84 Å². The number of nitrogens with zero attached hydrogens (tertiary/aromatic N) is 1. The molecule has 0 aliphatic heterocycles. The van der Waals surface area contributed by atoms with E-state index < -0.39 is 5.97 Å². The quantitative estimate of drug-likeness (QED) is 0.838. The van der Waals surface area contributed by atoms with Gasteiger partial charge in [-0.15, -0.1) is 0 Å². The largest absolute Gasteiger partial charge is 0.494 e. The fourth-order valence-corrected chi connectivity index (χ4v) is 1.66. The number of carboxylic acids is 1. The minimum absolute atomic E-state index is 0.0667. The van der Waals surface area contributed by atoms with Crippen LogP contribution >= 0.6 is 0 Å². The Morgan fingerprint density at radius 3 is 2.81 bits per heavy atom. The van der Waals surface area contributed by atoms with E-state index in [1.54, 1.807) is 19.1 Å². The van der Waals surface area contributed by atoms with E-state index >= 15 is 0 Å². The second-order valence-electron chi connectivity index (χ2n) is 3.49. The number of aromatic carboxylic acids is 1. The molecule has 2 rings (SSSR count). The van der Waals surface area contributed by atoms with Gasteiger partial charge in [0.15, 0.2) is 5.69 Å². The molecule has 0 spiro atoms. The molecule has 0 bridgehead atoms. The summed E-state index contributed by atoms with van der Waals surface area (Å²) in [7, 11) is 1.54. The van der Waals surface area contributed by atoms with Gasteiger partial charge in [0.2, 0.25) is 0 Å². The van der Waals surface area contributed by atoms with E-state index in [1.807, 2.05) is 12.1 Å². The summed E-state index contributed by atoms with van der Waals surface area (Å²) >= 11 is 0. The van der Waals surface area contributed by atoms with Crippen LogP contribution < -0.4 is 4.74 Å². The number of para-hydroxylation sites is 1. The average molecular weight is 217 g/mol. The molecule has 4 heteroatoms. The molecule has 1 heterocycles. The number of carboxylic acid groups (broad SMARTS) is 1.